The van der Waals surface area contributed by atoms with E-state index in [0.29, 0.717) is 17.0 Å². The van der Waals surface area contributed by atoms with Gasteiger partial charge in [-0.05, 0) is 54.8 Å². The average molecular weight is 609 g/mol. The third-order valence-corrected chi connectivity index (χ3v) is 8.06. The number of sulfonamides is 1. The van der Waals surface area contributed by atoms with Gasteiger partial charge >= 0.3 is 0 Å². The Balaban J connectivity index is 2.07. The van der Waals surface area contributed by atoms with Crippen molar-refractivity contribution in [3.05, 3.63) is 99.8 Å². The number of carbonyl (C=O) groups is 2. The van der Waals surface area contributed by atoms with E-state index in [9.17, 15) is 22.4 Å². The van der Waals surface area contributed by atoms with E-state index >= 15 is 0 Å². The van der Waals surface area contributed by atoms with Crippen LogP contribution in [0.25, 0.3) is 0 Å². The van der Waals surface area contributed by atoms with Gasteiger partial charge in [-0.3, -0.25) is 13.9 Å². The van der Waals surface area contributed by atoms with Gasteiger partial charge in [-0.2, -0.15) is 0 Å². The van der Waals surface area contributed by atoms with Crippen molar-refractivity contribution in [1.82, 2.24) is 10.2 Å². The van der Waals surface area contributed by atoms with Crippen molar-refractivity contribution in [1.29, 1.82) is 0 Å². The Morgan fingerprint density at radius 3 is 2.20 bits per heavy atom. The van der Waals surface area contributed by atoms with Crippen LogP contribution in [0.5, 0.6) is 0 Å². The largest absolute Gasteiger partial charge is 0.352 e. The quantitative estimate of drug-likeness (QED) is 0.296. The van der Waals surface area contributed by atoms with E-state index in [1.54, 1.807) is 0 Å². The summed E-state index contributed by atoms with van der Waals surface area (Å²) in [6.07, 6.45) is 1.82. The SMILES string of the molecule is CC[C@@H](C)NC(=O)[C@H](Cc1ccccc1)N(Cc1ccc(F)cc1)C(=O)CN(c1ccc(Cl)cc1Cl)S(C)(=O)=O. The first kappa shape index (κ1) is 31.4. The lowest BCUT2D eigenvalue weighted by Gasteiger charge is -2.34. The molecule has 3 aromatic rings. The van der Waals surface area contributed by atoms with Crippen LogP contribution in [0.15, 0.2) is 72.8 Å². The third-order valence-electron chi connectivity index (χ3n) is 6.40. The number of hydrogen-bond donors (Lipinski definition) is 1. The van der Waals surface area contributed by atoms with Gasteiger partial charge in [0.1, 0.15) is 18.4 Å². The summed E-state index contributed by atoms with van der Waals surface area (Å²) in [6.45, 7) is 3.11. The Labute approximate surface area is 244 Å². The Kier molecular flexibility index (Phi) is 11.0. The maximum absolute atomic E-state index is 14.0. The molecule has 3 aromatic carbocycles. The molecule has 0 radical (unpaired) electrons. The van der Waals surface area contributed by atoms with Crippen LogP contribution in [-0.4, -0.2) is 50.0 Å². The lowest BCUT2D eigenvalue weighted by Crippen LogP contribution is -2.54. The monoisotopic (exact) mass is 607 g/mol. The zero-order valence-corrected chi connectivity index (χ0v) is 24.8. The summed E-state index contributed by atoms with van der Waals surface area (Å²) < 4.78 is 40.2. The summed E-state index contributed by atoms with van der Waals surface area (Å²) in [7, 11) is -3.98. The normalized spacial score (nSPS) is 12.8. The summed E-state index contributed by atoms with van der Waals surface area (Å²) in [4.78, 5) is 29.0. The third kappa shape index (κ3) is 8.68. The number of rotatable bonds is 12. The van der Waals surface area contributed by atoms with Gasteiger partial charge in [-0.1, -0.05) is 72.6 Å². The zero-order valence-electron chi connectivity index (χ0n) is 22.5. The second kappa shape index (κ2) is 14.0. The Morgan fingerprint density at radius 2 is 1.62 bits per heavy atom. The molecule has 2 amide bonds. The molecule has 1 N–H and O–H groups in total. The van der Waals surface area contributed by atoms with E-state index in [1.165, 1.54) is 47.4 Å². The fraction of sp³-hybridized carbons (Fsp3) is 0.310. The smallest absolute Gasteiger partial charge is 0.244 e. The number of benzene rings is 3. The number of carbonyl (C=O) groups excluding carboxylic acids is 2. The molecule has 0 saturated carbocycles. The number of nitrogens with one attached hydrogen (secondary N) is 1. The predicted molar refractivity (Wildman–Crippen MR) is 157 cm³/mol. The molecule has 0 bridgehead atoms. The van der Waals surface area contributed by atoms with Gasteiger partial charge in [-0.25, -0.2) is 12.8 Å². The second-order valence-corrected chi connectivity index (χ2v) is 12.3. The van der Waals surface area contributed by atoms with Crippen LogP contribution in [0.4, 0.5) is 10.1 Å². The van der Waals surface area contributed by atoms with Crippen molar-refractivity contribution in [3.8, 4) is 0 Å². The van der Waals surface area contributed by atoms with Crippen molar-refractivity contribution in [2.24, 2.45) is 0 Å². The van der Waals surface area contributed by atoms with Crippen molar-refractivity contribution < 1.29 is 22.4 Å². The molecule has 214 valence electrons. The van der Waals surface area contributed by atoms with E-state index in [4.69, 9.17) is 23.2 Å². The highest BCUT2D eigenvalue weighted by Crippen LogP contribution is 2.30. The number of amides is 2. The van der Waals surface area contributed by atoms with Gasteiger partial charge in [0.05, 0.1) is 17.0 Å². The van der Waals surface area contributed by atoms with Gasteiger partial charge in [0.2, 0.25) is 21.8 Å². The van der Waals surface area contributed by atoms with Crippen molar-refractivity contribution in [2.75, 3.05) is 17.1 Å². The van der Waals surface area contributed by atoms with Crippen LogP contribution in [0.1, 0.15) is 31.4 Å². The molecule has 2 atom stereocenters. The first-order valence-electron chi connectivity index (χ1n) is 12.7. The zero-order chi connectivity index (χ0) is 29.4. The highest BCUT2D eigenvalue weighted by atomic mass is 35.5. The number of anilines is 1. The maximum Gasteiger partial charge on any atom is 0.244 e. The van der Waals surface area contributed by atoms with E-state index in [1.807, 2.05) is 44.2 Å². The van der Waals surface area contributed by atoms with Gasteiger partial charge in [-0.15, -0.1) is 0 Å². The topological polar surface area (TPSA) is 86.8 Å². The Hall–Kier alpha value is -3.14. The lowest BCUT2D eigenvalue weighted by atomic mass is 10.0. The molecule has 0 fully saturated rings. The van der Waals surface area contributed by atoms with Gasteiger partial charge < -0.3 is 10.2 Å². The highest BCUT2D eigenvalue weighted by molar-refractivity contribution is 7.92. The summed E-state index contributed by atoms with van der Waals surface area (Å²) >= 11 is 12.3. The van der Waals surface area contributed by atoms with Gasteiger partial charge in [0.25, 0.3) is 0 Å². The fourth-order valence-corrected chi connectivity index (χ4v) is 5.48. The molecular formula is C29H32Cl2FN3O4S. The first-order valence-corrected chi connectivity index (χ1v) is 15.3. The summed E-state index contributed by atoms with van der Waals surface area (Å²) in [5.41, 5.74) is 1.45. The average Bonchev–Trinajstić information content (AvgIpc) is 2.90. The van der Waals surface area contributed by atoms with Crippen LogP contribution in [-0.2, 0) is 32.6 Å². The molecule has 3 rings (SSSR count). The first-order chi connectivity index (χ1) is 18.9. The van der Waals surface area contributed by atoms with Crippen LogP contribution >= 0.6 is 23.2 Å². The fourth-order valence-electron chi connectivity index (χ4n) is 4.06. The van der Waals surface area contributed by atoms with Gasteiger partial charge in [0, 0.05) is 24.0 Å². The molecule has 0 unspecified atom stereocenters. The lowest BCUT2D eigenvalue weighted by molar-refractivity contribution is -0.140. The van der Waals surface area contributed by atoms with Crippen LogP contribution < -0.4 is 9.62 Å². The van der Waals surface area contributed by atoms with Crippen molar-refractivity contribution >= 4 is 50.7 Å². The van der Waals surface area contributed by atoms with E-state index < -0.39 is 34.3 Å². The van der Waals surface area contributed by atoms with Crippen LogP contribution in [0.3, 0.4) is 0 Å². The molecular weight excluding hydrogens is 576 g/mol. The molecule has 0 heterocycles. The minimum Gasteiger partial charge on any atom is -0.352 e. The number of halogens is 3. The molecule has 0 saturated heterocycles. The Morgan fingerprint density at radius 1 is 0.975 bits per heavy atom. The van der Waals surface area contributed by atoms with E-state index in [2.05, 4.69) is 5.32 Å². The van der Waals surface area contributed by atoms with Crippen molar-refractivity contribution in [3.63, 3.8) is 0 Å². The molecule has 0 aromatic heterocycles. The summed E-state index contributed by atoms with van der Waals surface area (Å²) in [5.74, 6) is -1.47. The second-order valence-electron chi connectivity index (χ2n) is 9.54. The van der Waals surface area contributed by atoms with Crippen molar-refractivity contribution in [2.45, 2.75) is 45.3 Å². The summed E-state index contributed by atoms with van der Waals surface area (Å²) in [5, 5.41) is 3.30. The molecule has 0 aliphatic heterocycles. The van der Waals surface area contributed by atoms with E-state index in [-0.39, 0.29) is 35.6 Å². The van der Waals surface area contributed by atoms with Gasteiger partial charge in [0.15, 0.2) is 0 Å². The minimum absolute atomic E-state index is 0.0474. The molecule has 40 heavy (non-hydrogen) atoms. The van der Waals surface area contributed by atoms with Crippen LogP contribution in [0.2, 0.25) is 10.0 Å². The number of nitrogens with zero attached hydrogens (tertiary/aromatic N) is 2. The molecule has 7 nitrogen and oxygen atoms in total. The molecule has 0 aliphatic rings. The number of hydrogen-bond acceptors (Lipinski definition) is 4. The minimum atomic E-state index is -3.98. The van der Waals surface area contributed by atoms with E-state index in [0.717, 1.165) is 16.1 Å². The highest BCUT2D eigenvalue weighted by Gasteiger charge is 2.33. The molecule has 11 heteroatoms. The summed E-state index contributed by atoms with van der Waals surface area (Å²) in [6, 6.07) is 17.9. The Bertz CT molecular complexity index is 1420. The molecule has 0 spiro atoms. The molecule has 0 aliphatic carbocycles. The predicted octanol–water partition coefficient (Wildman–Crippen LogP) is 5.45. The maximum atomic E-state index is 14.0. The van der Waals surface area contributed by atoms with Crippen LogP contribution in [0, 0.1) is 5.82 Å². The standard InChI is InChI=1S/C29H32Cl2FN3O4S/c1-4-20(2)33-29(37)27(16-21-8-6-5-7-9-21)34(18-22-10-13-24(32)14-11-22)28(36)19-35(40(3,38)39)26-15-12-23(30)17-25(26)31/h5-15,17,20,27H,4,16,18-19H2,1-3H3,(H,33,37)/t20-,27+/m1/s1.